The zero-order valence-electron chi connectivity index (χ0n) is 9.54. The second-order valence-electron chi connectivity index (χ2n) is 4.10. The van der Waals surface area contributed by atoms with Gasteiger partial charge in [0.25, 0.3) is 0 Å². The molecule has 0 aliphatic rings. The molecule has 0 saturated carbocycles. The van der Waals surface area contributed by atoms with Crippen molar-refractivity contribution in [1.29, 1.82) is 0 Å². The first kappa shape index (κ1) is 14.7. The van der Waals surface area contributed by atoms with Crippen LogP contribution in [-0.2, 0) is 6.42 Å². The van der Waals surface area contributed by atoms with Gasteiger partial charge in [-0.05, 0) is 93.1 Å². The van der Waals surface area contributed by atoms with Crippen molar-refractivity contribution in [3.8, 4) is 0 Å². The molecular formula is C14H12BrI2N. The predicted molar refractivity (Wildman–Crippen MR) is 96.7 cm³/mol. The van der Waals surface area contributed by atoms with Crippen LogP contribution in [0, 0.1) is 7.14 Å². The first-order valence-corrected chi connectivity index (χ1v) is 8.46. The molecule has 94 valence electrons. The van der Waals surface area contributed by atoms with Gasteiger partial charge in [-0.1, -0.05) is 28.1 Å². The maximum Gasteiger partial charge on any atom is 0.0347 e. The molecule has 1 nitrogen and oxygen atoms in total. The van der Waals surface area contributed by atoms with Gasteiger partial charge in [0.2, 0.25) is 0 Å². The van der Waals surface area contributed by atoms with Crippen LogP contribution in [0.2, 0.25) is 0 Å². The standard InChI is InChI=1S/C14H12BrI2N/c15-13-6-5-11(17)8-12(13)14(18)7-9-1-3-10(16)4-2-9/h1-6,8,14H,7,18H2. The molecule has 0 aromatic heterocycles. The number of hydrogen-bond acceptors (Lipinski definition) is 1. The van der Waals surface area contributed by atoms with E-state index in [-0.39, 0.29) is 6.04 Å². The Morgan fingerprint density at radius 1 is 1.00 bits per heavy atom. The first-order valence-electron chi connectivity index (χ1n) is 5.51. The lowest BCUT2D eigenvalue weighted by molar-refractivity contribution is 0.718. The summed E-state index contributed by atoms with van der Waals surface area (Å²) in [4.78, 5) is 0. The Morgan fingerprint density at radius 2 is 1.61 bits per heavy atom. The third kappa shape index (κ3) is 3.91. The fraction of sp³-hybridized carbons (Fsp3) is 0.143. The highest BCUT2D eigenvalue weighted by molar-refractivity contribution is 14.1. The minimum absolute atomic E-state index is 0.0224. The zero-order chi connectivity index (χ0) is 13.1. The summed E-state index contributed by atoms with van der Waals surface area (Å²) in [7, 11) is 0. The Balaban J connectivity index is 2.18. The summed E-state index contributed by atoms with van der Waals surface area (Å²) in [5, 5.41) is 0. The van der Waals surface area contributed by atoms with Crippen LogP contribution in [0.25, 0.3) is 0 Å². The van der Waals surface area contributed by atoms with Gasteiger partial charge in [-0.15, -0.1) is 0 Å². The number of hydrogen-bond donors (Lipinski definition) is 1. The van der Waals surface area contributed by atoms with Crippen molar-refractivity contribution in [2.45, 2.75) is 12.5 Å². The van der Waals surface area contributed by atoms with E-state index in [9.17, 15) is 0 Å². The van der Waals surface area contributed by atoms with E-state index in [1.165, 1.54) is 18.3 Å². The topological polar surface area (TPSA) is 26.0 Å². The van der Waals surface area contributed by atoms with E-state index in [0.29, 0.717) is 0 Å². The van der Waals surface area contributed by atoms with Gasteiger partial charge in [0.05, 0.1) is 0 Å². The second-order valence-corrected chi connectivity index (χ2v) is 7.45. The maximum absolute atomic E-state index is 6.30. The molecule has 2 rings (SSSR count). The van der Waals surface area contributed by atoms with Crippen molar-refractivity contribution in [2.75, 3.05) is 0 Å². The van der Waals surface area contributed by atoms with Crippen LogP contribution in [0.15, 0.2) is 46.9 Å². The molecule has 18 heavy (non-hydrogen) atoms. The third-order valence-corrected chi connectivity index (χ3v) is 4.84. The molecule has 0 aliphatic heterocycles. The number of halogens is 3. The average molecular weight is 528 g/mol. The van der Waals surface area contributed by atoms with Crippen LogP contribution < -0.4 is 5.73 Å². The predicted octanol–water partition coefficient (Wildman–Crippen LogP) is 4.90. The van der Waals surface area contributed by atoms with Crippen molar-refractivity contribution < 1.29 is 0 Å². The fourth-order valence-electron chi connectivity index (χ4n) is 1.78. The highest BCUT2D eigenvalue weighted by Crippen LogP contribution is 2.26. The smallest absolute Gasteiger partial charge is 0.0347 e. The van der Waals surface area contributed by atoms with Gasteiger partial charge in [0.15, 0.2) is 0 Å². The van der Waals surface area contributed by atoms with E-state index in [1.54, 1.807) is 0 Å². The minimum Gasteiger partial charge on any atom is -0.324 e. The molecule has 0 aliphatic carbocycles. The van der Waals surface area contributed by atoms with Crippen molar-refractivity contribution in [1.82, 2.24) is 0 Å². The summed E-state index contributed by atoms with van der Waals surface area (Å²) in [6, 6.07) is 14.8. The van der Waals surface area contributed by atoms with Crippen LogP contribution in [0.4, 0.5) is 0 Å². The highest BCUT2D eigenvalue weighted by atomic mass is 127. The normalized spacial score (nSPS) is 12.4. The average Bonchev–Trinajstić information content (AvgIpc) is 2.35. The van der Waals surface area contributed by atoms with Gasteiger partial charge in [-0.2, -0.15) is 0 Å². The molecule has 0 amide bonds. The monoisotopic (exact) mass is 527 g/mol. The lowest BCUT2D eigenvalue weighted by Gasteiger charge is -2.14. The van der Waals surface area contributed by atoms with E-state index < -0.39 is 0 Å². The Morgan fingerprint density at radius 3 is 2.28 bits per heavy atom. The minimum atomic E-state index is 0.0224. The van der Waals surface area contributed by atoms with Crippen LogP contribution in [-0.4, -0.2) is 0 Å². The Hall–Kier alpha value is 0.340. The summed E-state index contributed by atoms with van der Waals surface area (Å²) in [6.07, 6.45) is 0.857. The lowest BCUT2D eigenvalue weighted by Crippen LogP contribution is -2.14. The van der Waals surface area contributed by atoms with Gasteiger partial charge in [-0.3, -0.25) is 0 Å². The molecule has 1 unspecified atom stereocenters. The first-order chi connectivity index (χ1) is 8.56. The summed E-state index contributed by atoms with van der Waals surface area (Å²) in [6.45, 7) is 0. The van der Waals surface area contributed by atoms with Crippen molar-refractivity contribution in [3.63, 3.8) is 0 Å². The molecule has 2 N–H and O–H groups in total. The number of nitrogens with two attached hydrogens (primary N) is 1. The maximum atomic E-state index is 6.30. The largest absolute Gasteiger partial charge is 0.324 e. The van der Waals surface area contributed by atoms with E-state index in [2.05, 4.69) is 104 Å². The van der Waals surface area contributed by atoms with Crippen molar-refractivity contribution >= 4 is 61.1 Å². The van der Waals surface area contributed by atoms with E-state index in [0.717, 1.165) is 10.9 Å². The Bertz CT molecular complexity index is 540. The summed E-state index contributed by atoms with van der Waals surface area (Å²) >= 11 is 8.20. The molecule has 0 fully saturated rings. The molecule has 2 aromatic rings. The number of rotatable bonds is 3. The Labute approximate surface area is 143 Å². The van der Waals surface area contributed by atoms with Crippen LogP contribution in [0.3, 0.4) is 0 Å². The summed E-state index contributed by atoms with van der Waals surface area (Å²) in [5.41, 5.74) is 8.74. The van der Waals surface area contributed by atoms with Crippen LogP contribution >= 0.6 is 61.1 Å². The van der Waals surface area contributed by atoms with Gasteiger partial charge in [-0.25, -0.2) is 0 Å². The van der Waals surface area contributed by atoms with Crippen molar-refractivity contribution in [3.05, 3.63) is 65.2 Å². The second kappa shape index (κ2) is 6.67. The molecule has 0 radical (unpaired) electrons. The molecule has 0 heterocycles. The molecule has 0 saturated heterocycles. The van der Waals surface area contributed by atoms with Gasteiger partial charge in [0.1, 0.15) is 0 Å². The lowest BCUT2D eigenvalue weighted by atomic mass is 10.00. The summed E-state index contributed by atoms with van der Waals surface area (Å²) in [5.74, 6) is 0. The van der Waals surface area contributed by atoms with Gasteiger partial charge < -0.3 is 5.73 Å². The molecular weight excluding hydrogens is 516 g/mol. The van der Waals surface area contributed by atoms with Crippen LogP contribution in [0.1, 0.15) is 17.2 Å². The van der Waals surface area contributed by atoms with E-state index in [4.69, 9.17) is 5.73 Å². The molecule has 1 atom stereocenters. The highest BCUT2D eigenvalue weighted by Gasteiger charge is 2.11. The Kier molecular flexibility index (Phi) is 5.47. The van der Waals surface area contributed by atoms with Crippen molar-refractivity contribution in [2.24, 2.45) is 5.73 Å². The fourth-order valence-corrected chi connectivity index (χ4v) is 3.20. The molecule has 0 spiro atoms. The van der Waals surface area contributed by atoms with Crippen LogP contribution in [0.5, 0.6) is 0 Å². The van der Waals surface area contributed by atoms with E-state index in [1.807, 2.05) is 0 Å². The molecule has 0 bridgehead atoms. The molecule has 4 heteroatoms. The third-order valence-electron chi connectivity index (χ3n) is 2.73. The summed E-state index contributed by atoms with van der Waals surface area (Å²) < 4.78 is 3.55. The zero-order valence-corrected chi connectivity index (χ0v) is 15.4. The SMILES string of the molecule is NC(Cc1ccc(I)cc1)c1cc(I)ccc1Br. The molecule has 2 aromatic carbocycles. The van der Waals surface area contributed by atoms with Gasteiger partial charge >= 0.3 is 0 Å². The quantitative estimate of drug-likeness (QED) is 0.565. The number of benzene rings is 2. The van der Waals surface area contributed by atoms with E-state index >= 15 is 0 Å². The van der Waals surface area contributed by atoms with Gasteiger partial charge in [0, 0.05) is 17.7 Å².